The summed E-state index contributed by atoms with van der Waals surface area (Å²) in [5, 5.41) is 0. The summed E-state index contributed by atoms with van der Waals surface area (Å²) >= 11 is 0. The molecule has 3 heterocycles. The number of piperidine rings is 1. The monoisotopic (exact) mass is 673 g/mol. The van der Waals surface area contributed by atoms with Crippen LogP contribution < -0.4 is 14.5 Å². The first-order valence-corrected chi connectivity index (χ1v) is 18.0. The number of nitrogens with zero attached hydrogens (tertiary/aromatic N) is 7. The molecule has 2 aromatic heterocycles. The molecule has 0 unspecified atom stereocenters. The van der Waals surface area contributed by atoms with Gasteiger partial charge in [0.2, 0.25) is 24.6 Å². The second-order valence-corrected chi connectivity index (χ2v) is 12.9. The smallest absolute Gasteiger partial charge is 0.412 e. The molecule has 0 saturated carbocycles. The number of carbonyl (C=O) groups is 1. The minimum Gasteiger partial charge on any atom is -0.440 e. The fourth-order valence-corrected chi connectivity index (χ4v) is 6.42. The van der Waals surface area contributed by atoms with Crippen LogP contribution in [0.3, 0.4) is 0 Å². The number of para-hydroxylation sites is 2. The van der Waals surface area contributed by atoms with Crippen LogP contribution in [-0.4, -0.2) is 76.6 Å². The van der Waals surface area contributed by atoms with E-state index in [0.29, 0.717) is 31.5 Å². The molecule has 0 radical (unpaired) electrons. The van der Waals surface area contributed by atoms with Gasteiger partial charge in [-0.3, -0.25) is 0 Å². The van der Waals surface area contributed by atoms with Crippen LogP contribution in [0.25, 0.3) is 11.0 Å². The van der Waals surface area contributed by atoms with Crippen LogP contribution in [-0.2, 0) is 11.3 Å². The minimum absolute atomic E-state index is 0.198. The maximum Gasteiger partial charge on any atom is 0.412 e. The third-order valence-electron chi connectivity index (χ3n) is 9.33. The average Bonchev–Trinajstić information content (AvgIpc) is 3.49. The van der Waals surface area contributed by atoms with Gasteiger partial charge in [-0.1, -0.05) is 76.6 Å². The predicted octanol–water partition coefficient (Wildman–Crippen LogP) is 8.05. The van der Waals surface area contributed by atoms with Crippen molar-refractivity contribution in [2.45, 2.75) is 90.6 Å². The van der Waals surface area contributed by atoms with Crippen LogP contribution in [0.15, 0.2) is 60.8 Å². The molecule has 10 nitrogen and oxygen atoms in total. The van der Waals surface area contributed by atoms with Gasteiger partial charge >= 0.3 is 6.09 Å². The summed E-state index contributed by atoms with van der Waals surface area (Å²) in [6.07, 6.45) is 12.0. The highest BCUT2D eigenvalue weighted by Crippen LogP contribution is 2.28. The summed E-state index contributed by atoms with van der Waals surface area (Å²) in [5.41, 5.74) is 3.03. The quantitative estimate of drug-likeness (QED) is 0.0775. The Kier molecular flexibility index (Phi) is 13.5. The highest BCUT2D eigenvalue weighted by molar-refractivity contribution is 5.79. The molecule has 0 aliphatic carbocycles. The lowest BCUT2D eigenvalue weighted by atomic mass is 10.0. The summed E-state index contributed by atoms with van der Waals surface area (Å²) in [4.78, 5) is 33.3. The molecule has 0 spiro atoms. The lowest BCUT2D eigenvalue weighted by Gasteiger charge is -2.37. The Balaban J connectivity index is 1.15. The standard InChI is InChI=1S/C38H52FN7O3/c1-4-6-8-12-24-45(25-13-9-7-5-2)38(47)49-29-48-35-20-23-40-36(42-35)43(3)32-21-26-44(27-22-32)37-41-33-14-10-11-15-34(33)46(37)28-30-16-18-31(39)19-17-30/h10-11,14-20,23,32H,4-9,12-13,21-22,24-29H2,1-3H3. The number of unbranched alkanes of at least 4 members (excludes halogenated alkanes) is 6. The van der Waals surface area contributed by atoms with Crippen molar-refractivity contribution < 1.29 is 18.7 Å². The van der Waals surface area contributed by atoms with Crippen molar-refractivity contribution in [1.82, 2.24) is 24.4 Å². The second kappa shape index (κ2) is 18.4. The molecule has 264 valence electrons. The lowest BCUT2D eigenvalue weighted by Crippen LogP contribution is -2.44. The maximum absolute atomic E-state index is 13.6. The van der Waals surface area contributed by atoms with Crippen LogP contribution in [0.1, 0.15) is 83.6 Å². The van der Waals surface area contributed by atoms with Gasteiger partial charge in [-0.05, 0) is 55.5 Å². The average molecular weight is 674 g/mol. The normalized spacial score (nSPS) is 13.5. The molecule has 1 saturated heterocycles. The van der Waals surface area contributed by atoms with Crippen LogP contribution in [0.5, 0.6) is 5.88 Å². The number of imidazole rings is 1. The van der Waals surface area contributed by atoms with E-state index in [1.807, 2.05) is 42.3 Å². The SMILES string of the molecule is CCCCCCN(CCCCCC)C(=O)OCOc1ccnc(N(C)C2CCN(c3nc4ccccc4n3Cc3ccc(F)cc3)CC2)n1. The summed E-state index contributed by atoms with van der Waals surface area (Å²) in [7, 11) is 2.01. The zero-order valence-electron chi connectivity index (χ0n) is 29.4. The van der Waals surface area contributed by atoms with Gasteiger partial charge in [0.1, 0.15) is 5.82 Å². The van der Waals surface area contributed by atoms with E-state index in [1.54, 1.807) is 12.3 Å². The number of anilines is 2. The molecule has 49 heavy (non-hydrogen) atoms. The molecular formula is C38H52FN7O3. The van der Waals surface area contributed by atoms with Crippen LogP contribution in [0.4, 0.5) is 21.1 Å². The zero-order chi connectivity index (χ0) is 34.4. The number of fused-ring (bicyclic) bond motifs is 1. The van der Waals surface area contributed by atoms with E-state index in [1.165, 1.54) is 25.0 Å². The van der Waals surface area contributed by atoms with Crippen molar-refractivity contribution in [3.05, 3.63) is 72.2 Å². The van der Waals surface area contributed by atoms with Gasteiger partial charge in [0, 0.05) is 51.5 Å². The van der Waals surface area contributed by atoms with E-state index in [2.05, 4.69) is 44.2 Å². The Hall–Kier alpha value is -4.41. The third kappa shape index (κ3) is 10.1. The maximum atomic E-state index is 13.6. The lowest BCUT2D eigenvalue weighted by molar-refractivity contribution is 0.0322. The summed E-state index contributed by atoms with van der Waals surface area (Å²) < 4.78 is 27.1. The number of amides is 1. The third-order valence-corrected chi connectivity index (χ3v) is 9.33. The number of hydrogen-bond acceptors (Lipinski definition) is 8. The minimum atomic E-state index is -0.336. The van der Waals surface area contributed by atoms with Crippen LogP contribution in [0.2, 0.25) is 0 Å². The van der Waals surface area contributed by atoms with E-state index < -0.39 is 0 Å². The number of carbonyl (C=O) groups excluding carboxylic acids is 1. The van der Waals surface area contributed by atoms with Gasteiger partial charge in [-0.15, -0.1) is 0 Å². The van der Waals surface area contributed by atoms with Crippen molar-refractivity contribution >= 4 is 29.0 Å². The molecule has 1 aliphatic rings. The number of rotatable bonds is 18. The van der Waals surface area contributed by atoms with Gasteiger partial charge in [0.25, 0.3) is 0 Å². The molecule has 1 fully saturated rings. The number of hydrogen-bond donors (Lipinski definition) is 0. The fraction of sp³-hybridized carbons (Fsp3) is 0.526. The highest BCUT2D eigenvalue weighted by atomic mass is 19.1. The first-order valence-electron chi connectivity index (χ1n) is 18.0. The zero-order valence-corrected chi connectivity index (χ0v) is 29.4. The predicted molar refractivity (Wildman–Crippen MR) is 193 cm³/mol. The number of halogens is 1. The molecule has 4 aromatic rings. The summed E-state index contributed by atoms with van der Waals surface area (Å²) in [5.74, 6) is 1.63. The molecule has 1 aliphatic heterocycles. The van der Waals surface area contributed by atoms with Gasteiger partial charge in [0.05, 0.1) is 17.6 Å². The summed E-state index contributed by atoms with van der Waals surface area (Å²) in [6.45, 7) is 7.84. The van der Waals surface area contributed by atoms with Crippen molar-refractivity contribution in [2.24, 2.45) is 0 Å². The molecule has 0 N–H and O–H groups in total. The molecule has 0 atom stereocenters. The Morgan fingerprint density at radius 2 is 1.59 bits per heavy atom. The van der Waals surface area contributed by atoms with E-state index >= 15 is 0 Å². The van der Waals surface area contributed by atoms with Gasteiger partial charge in [-0.2, -0.15) is 4.98 Å². The van der Waals surface area contributed by atoms with Gasteiger partial charge in [-0.25, -0.2) is 19.2 Å². The van der Waals surface area contributed by atoms with E-state index in [4.69, 9.17) is 14.5 Å². The number of ether oxygens (including phenoxy) is 2. The molecule has 5 rings (SSSR count). The van der Waals surface area contributed by atoms with Crippen LogP contribution >= 0.6 is 0 Å². The van der Waals surface area contributed by atoms with E-state index in [-0.39, 0.29) is 24.7 Å². The van der Waals surface area contributed by atoms with Crippen molar-refractivity contribution in [1.29, 1.82) is 0 Å². The van der Waals surface area contributed by atoms with Crippen molar-refractivity contribution in [2.75, 3.05) is 49.8 Å². The topological polar surface area (TPSA) is 88.9 Å². The van der Waals surface area contributed by atoms with Crippen LogP contribution in [0, 0.1) is 5.82 Å². The Bertz CT molecular complexity index is 1580. The number of aromatic nitrogens is 4. The first-order chi connectivity index (χ1) is 24.0. The largest absolute Gasteiger partial charge is 0.440 e. The second-order valence-electron chi connectivity index (χ2n) is 12.9. The van der Waals surface area contributed by atoms with Gasteiger partial charge in [0.15, 0.2) is 0 Å². The molecule has 2 aromatic carbocycles. The Morgan fingerprint density at radius 1 is 0.898 bits per heavy atom. The summed E-state index contributed by atoms with van der Waals surface area (Å²) in [6, 6.07) is 16.7. The van der Waals surface area contributed by atoms with Crippen molar-refractivity contribution in [3.63, 3.8) is 0 Å². The first kappa shape index (κ1) is 35.9. The van der Waals surface area contributed by atoms with Gasteiger partial charge < -0.3 is 28.7 Å². The van der Waals surface area contributed by atoms with Crippen molar-refractivity contribution in [3.8, 4) is 5.88 Å². The molecule has 1 amide bonds. The molecular weight excluding hydrogens is 621 g/mol. The number of benzene rings is 2. The molecule has 0 bridgehead atoms. The molecule has 11 heteroatoms. The highest BCUT2D eigenvalue weighted by Gasteiger charge is 2.27. The fourth-order valence-electron chi connectivity index (χ4n) is 6.42. The van der Waals surface area contributed by atoms with E-state index in [9.17, 15) is 9.18 Å². The van der Waals surface area contributed by atoms with E-state index in [0.717, 1.165) is 87.0 Å². The Labute approximate surface area is 290 Å². The Morgan fingerprint density at radius 3 is 2.29 bits per heavy atom.